The third-order valence-electron chi connectivity index (χ3n) is 4.35. The van der Waals surface area contributed by atoms with Gasteiger partial charge in [0.15, 0.2) is 0 Å². The van der Waals surface area contributed by atoms with E-state index in [-0.39, 0.29) is 30.6 Å². The van der Waals surface area contributed by atoms with E-state index in [1.807, 2.05) is 0 Å². The summed E-state index contributed by atoms with van der Waals surface area (Å²) in [4.78, 5) is 70.6. The molecule has 0 aliphatic heterocycles. The van der Waals surface area contributed by atoms with E-state index in [0.717, 1.165) is 0 Å². The number of carboxylic acids is 2. The molecule has 0 aliphatic carbocycles. The first-order chi connectivity index (χ1) is 18.3. The summed E-state index contributed by atoms with van der Waals surface area (Å²) in [7, 11) is 0. The lowest BCUT2D eigenvalue weighted by Crippen LogP contribution is -2.39. The van der Waals surface area contributed by atoms with Gasteiger partial charge in [0.1, 0.15) is 0 Å². The number of pyridine rings is 1. The second-order valence-corrected chi connectivity index (χ2v) is 7.45. The lowest BCUT2D eigenvalue weighted by molar-refractivity contribution is -0.156. The van der Waals surface area contributed by atoms with E-state index in [9.17, 15) is 37.1 Å². The fourth-order valence-electron chi connectivity index (χ4n) is 2.71. The van der Waals surface area contributed by atoms with E-state index in [0.29, 0.717) is 5.56 Å². The number of halogens is 3. The van der Waals surface area contributed by atoms with Crippen LogP contribution in [0.15, 0.2) is 48.8 Å². The van der Waals surface area contributed by atoms with Gasteiger partial charge in [0.05, 0.1) is 25.4 Å². The van der Waals surface area contributed by atoms with E-state index < -0.39 is 54.8 Å². The zero-order chi connectivity index (χ0) is 29.4. The summed E-state index contributed by atoms with van der Waals surface area (Å²) in [6.45, 7) is -0.457. The van der Waals surface area contributed by atoms with Crippen LogP contribution in [0.2, 0.25) is 0 Å². The highest BCUT2D eigenvalue weighted by molar-refractivity contribution is 5.98. The Labute approximate surface area is 218 Å². The normalized spacial score (nSPS) is 11.1. The molecule has 2 aromatic rings. The van der Waals surface area contributed by atoms with Crippen molar-refractivity contribution >= 4 is 41.8 Å². The molecule has 0 bridgehead atoms. The maximum absolute atomic E-state index is 12.4. The van der Waals surface area contributed by atoms with Crippen molar-refractivity contribution in [2.45, 2.75) is 25.1 Å². The Morgan fingerprint density at radius 3 is 2.26 bits per heavy atom. The van der Waals surface area contributed by atoms with Gasteiger partial charge in [-0.3, -0.25) is 29.0 Å². The number of hydrogen-bond acceptors (Lipinski definition) is 7. The van der Waals surface area contributed by atoms with Crippen molar-refractivity contribution in [3.8, 4) is 0 Å². The third kappa shape index (κ3) is 14.3. The second-order valence-electron chi connectivity index (χ2n) is 7.45. The summed E-state index contributed by atoms with van der Waals surface area (Å²) in [5, 5.41) is 27.5. The SMILES string of the molecule is O=C(O)CCNC(=O)Nc1cccc(C(=O)NCC(=O)NC(CC(=O)O)c2cccnc2)c1.O=CC(F)(F)F. The molecule has 16 heteroatoms. The van der Waals surface area contributed by atoms with Gasteiger partial charge in [0.25, 0.3) is 5.91 Å². The molecule has 1 atom stereocenters. The Balaban J connectivity index is 0.00000113. The highest BCUT2D eigenvalue weighted by Crippen LogP contribution is 2.15. The third-order valence-corrected chi connectivity index (χ3v) is 4.35. The fourth-order valence-corrected chi connectivity index (χ4v) is 2.71. The number of aldehydes is 1. The van der Waals surface area contributed by atoms with Crippen LogP contribution in [0, 0.1) is 0 Å². The summed E-state index contributed by atoms with van der Waals surface area (Å²) < 4.78 is 31.2. The zero-order valence-electron chi connectivity index (χ0n) is 20.0. The van der Waals surface area contributed by atoms with Crippen molar-refractivity contribution in [2.75, 3.05) is 18.4 Å². The number of aromatic nitrogens is 1. The van der Waals surface area contributed by atoms with Crippen LogP contribution in [0.5, 0.6) is 0 Å². The van der Waals surface area contributed by atoms with E-state index >= 15 is 0 Å². The number of benzene rings is 1. The number of nitrogens with one attached hydrogen (secondary N) is 4. The average molecular weight is 555 g/mol. The van der Waals surface area contributed by atoms with Gasteiger partial charge in [-0.15, -0.1) is 0 Å². The van der Waals surface area contributed by atoms with Crippen LogP contribution in [-0.2, 0) is 19.2 Å². The smallest absolute Gasteiger partial charge is 0.446 e. The Morgan fingerprint density at radius 1 is 1.00 bits per heavy atom. The molecule has 1 heterocycles. The molecule has 0 fully saturated rings. The first-order valence-corrected chi connectivity index (χ1v) is 10.9. The van der Waals surface area contributed by atoms with Gasteiger partial charge >= 0.3 is 24.1 Å². The van der Waals surface area contributed by atoms with E-state index in [1.165, 1.54) is 36.7 Å². The predicted molar refractivity (Wildman–Crippen MR) is 128 cm³/mol. The molecule has 0 saturated heterocycles. The van der Waals surface area contributed by atoms with Crippen molar-refractivity contribution in [1.29, 1.82) is 0 Å². The molecule has 210 valence electrons. The van der Waals surface area contributed by atoms with Gasteiger partial charge in [-0.05, 0) is 29.8 Å². The fraction of sp³-hybridized carbons (Fsp3) is 0.261. The minimum absolute atomic E-state index is 0.0572. The molecule has 0 radical (unpaired) electrons. The lowest BCUT2D eigenvalue weighted by Gasteiger charge is -2.17. The number of rotatable bonds is 11. The van der Waals surface area contributed by atoms with Crippen molar-refractivity contribution < 1.29 is 52.2 Å². The summed E-state index contributed by atoms with van der Waals surface area (Å²) in [6, 6.07) is 7.72. The molecule has 0 spiro atoms. The minimum atomic E-state index is -4.64. The standard InChI is InChI=1S/C21H23N5O7.C2HF3O/c27-17(26-16(10-19(30)31)14-4-2-7-22-11-14)12-24-20(32)13-3-1-5-15(9-13)25-21(33)23-8-6-18(28)29;3-2(4,5)1-6/h1-5,7,9,11,16H,6,8,10,12H2,(H,24,32)(H,26,27)(H,28,29)(H,30,31)(H2,23,25,33);1H. The number of aliphatic carboxylic acids is 2. The van der Waals surface area contributed by atoms with Crippen LogP contribution in [0.1, 0.15) is 34.8 Å². The highest BCUT2D eigenvalue weighted by Gasteiger charge is 2.25. The zero-order valence-corrected chi connectivity index (χ0v) is 20.0. The first-order valence-electron chi connectivity index (χ1n) is 10.9. The average Bonchev–Trinajstić information content (AvgIpc) is 2.87. The van der Waals surface area contributed by atoms with Gasteiger partial charge in [-0.25, -0.2) is 4.79 Å². The van der Waals surface area contributed by atoms with Crippen LogP contribution in [0.3, 0.4) is 0 Å². The molecule has 6 N–H and O–H groups in total. The molecular weight excluding hydrogens is 531 g/mol. The molecule has 1 aromatic carbocycles. The van der Waals surface area contributed by atoms with Crippen LogP contribution >= 0.6 is 0 Å². The largest absolute Gasteiger partial charge is 0.481 e. The van der Waals surface area contributed by atoms with Crippen LogP contribution in [0.4, 0.5) is 23.7 Å². The Kier molecular flexibility index (Phi) is 13.1. The quantitative estimate of drug-likeness (QED) is 0.222. The summed E-state index contributed by atoms with van der Waals surface area (Å²) >= 11 is 0. The lowest BCUT2D eigenvalue weighted by atomic mass is 10.1. The number of carboxylic acid groups (broad SMARTS) is 2. The summed E-state index contributed by atoms with van der Waals surface area (Å²) in [6.07, 6.45) is -3.32. The van der Waals surface area contributed by atoms with Crippen LogP contribution in [-0.4, -0.2) is 70.5 Å². The number of amides is 4. The van der Waals surface area contributed by atoms with E-state index in [4.69, 9.17) is 15.0 Å². The Bertz CT molecular complexity index is 1160. The van der Waals surface area contributed by atoms with Crippen LogP contribution < -0.4 is 21.3 Å². The Morgan fingerprint density at radius 2 is 1.69 bits per heavy atom. The molecule has 0 aliphatic rings. The van der Waals surface area contributed by atoms with Gasteiger partial charge in [0.2, 0.25) is 12.2 Å². The van der Waals surface area contributed by atoms with E-state index in [1.54, 1.807) is 12.1 Å². The van der Waals surface area contributed by atoms with E-state index in [2.05, 4.69) is 26.3 Å². The van der Waals surface area contributed by atoms with Gasteiger partial charge in [-0.2, -0.15) is 13.2 Å². The second kappa shape index (κ2) is 16.0. The molecule has 0 saturated carbocycles. The molecular formula is C23H24F3N5O8. The topological polar surface area (TPSA) is 204 Å². The monoisotopic (exact) mass is 555 g/mol. The Hall–Kier alpha value is -5.02. The molecule has 1 unspecified atom stereocenters. The van der Waals surface area contributed by atoms with Gasteiger partial charge in [-0.1, -0.05) is 12.1 Å². The van der Waals surface area contributed by atoms with Gasteiger partial charge in [0, 0.05) is 30.2 Å². The molecule has 4 amide bonds. The maximum atomic E-state index is 12.4. The minimum Gasteiger partial charge on any atom is -0.481 e. The van der Waals surface area contributed by atoms with Crippen molar-refractivity contribution in [3.63, 3.8) is 0 Å². The van der Waals surface area contributed by atoms with Crippen molar-refractivity contribution in [3.05, 3.63) is 59.9 Å². The summed E-state index contributed by atoms with van der Waals surface area (Å²) in [5.74, 6) is -3.33. The number of carbonyl (C=O) groups excluding carboxylic acids is 4. The number of nitrogens with zero attached hydrogens (tertiary/aromatic N) is 1. The van der Waals surface area contributed by atoms with Gasteiger partial charge < -0.3 is 31.5 Å². The maximum Gasteiger partial charge on any atom is 0.446 e. The number of anilines is 1. The van der Waals surface area contributed by atoms with Crippen molar-refractivity contribution in [2.24, 2.45) is 0 Å². The highest BCUT2D eigenvalue weighted by atomic mass is 19.4. The number of urea groups is 1. The molecule has 1 aromatic heterocycles. The molecule has 39 heavy (non-hydrogen) atoms. The first kappa shape index (κ1) is 32.0. The molecule has 2 rings (SSSR count). The number of carbonyl (C=O) groups is 6. The summed E-state index contributed by atoms with van der Waals surface area (Å²) in [5.41, 5.74) is 0.971. The van der Waals surface area contributed by atoms with Crippen LogP contribution in [0.25, 0.3) is 0 Å². The molecule has 13 nitrogen and oxygen atoms in total. The van der Waals surface area contributed by atoms with Crippen molar-refractivity contribution in [1.82, 2.24) is 20.9 Å². The number of alkyl halides is 3. The predicted octanol–water partition coefficient (Wildman–Crippen LogP) is 1.49. The number of hydrogen-bond donors (Lipinski definition) is 6.